The zero-order valence-corrected chi connectivity index (χ0v) is 14.1. The van der Waals surface area contributed by atoms with Crippen LogP contribution in [0.2, 0.25) is 5.02 Å². The van der Waals surface area contributed by atoms with Gasteiger partial charge in [0.05, 0.1) is 15.6 Å². The highest BCUT2D eigenvalue weighted by atomic mass is 35.5. The van der Waals surface area contributed by atoms with Crippen molar-refractivity contribution in [1.29, 1.82) is 0 Å². The molecule has 2 rings (SSSR count). The summed E-state index contributed by atoms with van der Waals surface area (Å²) >= 11 is 5.58. The summed E-state index contributed by atoms with van der Waals surface area (Å²) in [7, 11) is -3.76. The first-order valence-electron chi connectivity index (χ1n) is 6.68. The molecule has 118 valence electrons. The Balaban J connectivity index is 2.28. The van der Waals surface area contributed by atoms with Crippen LogP contribution in [-0.2, 0) is 15.4 Å². The van der Waals surface area contributed by atoms with Crippen molar-refractivity contribution in [3.8, 4) is 0 Å². The zero-order chi connectivity index (χ0) is 16.5. The number of hydrogen-bond donors (Lipinski definition) is 1. The SMILES string of the molecule is CC(C)(C)c1ccc(S(=O)(=O)Nc2ccc(Cl)c(F)c2)cc1. The summed E-state index contributed by atoms with van der Waals surface area (Å²) in [4.78, 5) is 0.121. The van der Waals surface area contributed by atoms with E-state index in [1.807, 2.05) is 20.8 Å². The Morgan fingerprint density at radius 2 is 1.64 bits per heavy atom. The first-order chi connectivity index (χ1) is 10.1. The minimum Gasteiger partial charge on any atom is -0.280 e. The Bertz CT molecular complexity index is 781. The van der Waals surface area contributed by atoms with Gasteiger partial charge in [0.2, 0.25) is 0 Å². The molecule has 0 amide bonds. The van der Waals surface area contributed by atoms with E-state index >= 15 is 0 Å². The second-order valence-corrected chi connectivity index (χ2v) is 8.10. The average Bonchev–Trinajstić information content (AvgIpc) is 2.42. The van der Waals surface area contributed by atoms with E-state index in [9.17, 15) is 12.8 Å². The summed E-state index contributed by atoms with van der Waals surface area (Å²) in [5, 5.41) is -0.0579. The summed E-state index contributed by atoms with van der Waals surface area (Å²) in [6.45, 7) is 6.14. The molecular formula is C16H17ClFNO2S. The highest BCUT2D eigenvalue weighted by Crippen LogP contribution is 2.25. The van der Waals surface area contributed by atoms with Crippen molar-refractivity contribution in [3.63, 3.8) is 0 Å². The van der Waals surface area contributed by atoms with E-state index in [1.54, 1.807) is 12.1 Å². The molecule has 0 atom stereocenters. The third-order valence-corrected chi connectivity index (χ3v) is 4.91. The Labute approximate surface area is 135 Å². The summed E-state index contributed by atoms with van der Waals surface area (Å²) in [5.74, 6) is -0.676. The second-order valence-electron chi connectivity index (χ2n) is 6.01. The lowest BCUT2D eigenvalue weighted by molar-refractivity contribution is 0.587. The van der Waals surface area contributed by atoms with Crippen LogP contribution in [0, 0.1) is 5.82 Å². The summed E-state index contributed by atoms with van der Waals surface area (Å²) < 4.78 is 40.3. The van der Waals surface area contributed by atoms with Crippen LogP contribution in [0.5, 0.6) is 0 Å². The Hall–Kier alpha value is -1.59. The lowest BCUT2D eigenvalue weighted by atomic mass is 9.87. The van der Waals surface area contributed by atoms with Gasteiger partial charge in [-0.05, 0) is 41.3 Å². The highest BCUT2D eigenvalue weighted by Gasteiger charge is 2.18. The van der Waals surface area contributed by atoms with Gasteiger partial charge in [0.15, 0.2) is 0 Å². The third-order valence-electron chi connectivity index (χ3n) is 3.20. The molecule has 0 spiro atoms. The fourth-order valence-electron chi connectivity index (χ4n) is 1.91. The molecule has 2 aromatic rings. The molecule has 0 fully saturated rings. The summed E-state index contributed by atoms with van der Waals surface area (Å²) in [5.41, 5.74) is 1.10. The van der Waals surface area contributed by atoms with Gasteiger partial charge in [-0.3, -0.25) is 4.72 Å². The van der Waals surface area contributed by atoms with E-state index in [0.29, 0.717) is 0 Å². The Kier molecular flexibility index (Phi) is 4.49. The third kappa shape index (κ3) is 3.78. The van der Waals surface area contributed by atoms with E-state index in [1.165, 1.54) is 24.3 Å². The van der Waals surface area contributed by atoms with Crippen LogP contribution >= 0.6 is 11.6 Å². The largest absolute Gasteiger partial charge is 0.280 e. The molecule has 0 bridgehead atoms. The molecule has 1 N–H and O–H groups in total. The fourth-order valence-corrected chi connectivity index (χ4v) is 3.07. The second kappa shape index (κ2) is 5.89. The standard InChI is InChI=1S/C16H17ClFNO2S/c1-16(2,3)11-4-7-13(8-5-11)22(20,21)19-12-6-9-14(17)15(18)10-12/h4-10,19H,1-3H3. The van der Waals surface area contributed by atoms with Gasteiger partial charge in [-0.1, -0.05) is 44.5 Å². The van der Waals surface area contributed by atoms with E-state index < -0.39 is 15.8 Å². The zero-order valence-electron chi connectivity index (χ0n) is 12.5. The molecule has 0 aliphatic heterocycles. The maximum atomic E-state index is 13.4. The Morgan fingerprint density at radius 3 is 2.14 bits per heavy atom. The quantitative estimate of drug-likeness (QED) is 0.888. The number of rotatable bonds is 3. The molecule has 0 saturated carbocycles. The lowest BCUT2D eigenvalue weighted by Crippen LogP contribution is -2.15. The minimum atomic E-state index is -3.76. The van der Waals surface area contributed by atoms with Gasteiger partial charge in [-0.15, -0.1) is 0 Å². The van der Waals surface area contributed by atoms with Gasteiger partial charge >= 0.3 is 0 Å². The van der Waals surface area contributed by atoms with Gasteiger partial charge in [-0.25, -0.2) is 12.8 Å². The van der Waals surface area contributed by atoms with Gasteiger partial charge in [0.25, 0.3) is 10.0 Å². The number of anilines is 1. The molecule has 0 radical (unpaired) electrons. The predicted molar refractivity (Wildman–Crippen MR) is 87.4 cm³/mol. The molecule has 0 unspecified atom stereocenters. The molecule has 0 aliphatic rings. The van der Waals surface area contributed by atoms with E-state index in [-0.39, 0.29) is 21.0 Å². The van der Waals surface area contributed by atoms with Crippen LogP contribution in [0.15, 0.2) is 47.4 Å². The van der Waals surface area contributed by atoms with Crippen LogP contribution in [0.4, 0.5) is 10.1 Å². The van der Waals surface area contributed by atoms with Crippen molar-refractivity contribution < 1.29 is 12.8 Å². The summed E-state index contributed by atoms with van der Waals surface area (Å²) in [6, 6.07) is 10.4. The van der Waals surface area contributed by atoms with Crippen molar-refractivity contribution in [2.75, 3.05) is 4.72 Å². The number of hydrogen-bond acceptors (Lipinski definition) is 2. The van der Waals surface area contributed by atoms with Crippen LogP contribution in [0.1, 0.15) is 26.3 Å². The smallest absolute Gasteiger partial charge is 0.261 e. The van der Waals surface area contributed by atoms with E-state index in [2.05, 4.69) is 4.72 Å². The van der Waals surface area contributed by atoms with Gasteiger partial charge in [0.1, 0.15) is 5.82 Å². The monoisotopic (exact) mass is 341 g/mol. The molecule has 2 aromatic carbocycles. The molecule has 0 saturated heterocycles. The van der Waals surface area contributed by atoms with Crippen LogP contribution < -0.4 is 4.72 Å². The van der Waals surface area contributed by atoms with E-state index in [0.717, 1.165) is 11.6 Å². The van der Waals surface area contributed by atoms with Crippen molar-refractivity contribution in [2.45, 2.75) is 31.1 Å². The van der Waals surface area contributed by atoms with Crippen LogP contribution in [-0.4, -0.2) is 8.42 Å². The van der Waals surface area contributed by atoms with Gasteiger partial charge < -0.3 is 0 Å². The minimum absolute atomic E-state index is 0.0579. The normalized spacial score (nSPS) is 12.2. The first kappa shape index (κ1) is 16.8. The number of nitrogens with one attached hydrogen (secondary N) is 1. The topological polar surface area (TPSA) is 46.2 Å². The van der Waals surface area contributed by atoms with Gasteiger partial charge in [0, 0.05) is 0 Å². The van der Waals surface area contributed by atoms with E-state index in [4.69, 9.17) is 11.6 Å². The molecule has 22 heavy (non-hydrogen) atoms. The molecule has 0 aromatic heterocycles. The number of sulfonamides is 1. The predicted octanol–water partition coefficient (Wildman–Crippen LogP) is 4.58. The molecule has 6 heteroatoms. The van der Waals surface area contributed by atoms with Crippen molar-refractivity contribution in [2.24, 2.45) is 0 Å². The Morgan fingerprint density at radius 1 is 1.05 bits per heavy atom. The molecule has 0 heterocycles. The number of halogens is 2. The number of benzene rings is 2. The molecular weight excluding hydrogens is 325 g/mol. The van der Waals surface area contributed by atoms with Crippen LogP contribution in [0.3, 0.4) is 0 Å². The average molecular weight is 342 g/mol. The van der Waals surface area contributed by atoms with Gasteiger partial charge in [-0.2, -0.15) is 0 Å². The molecule has 0 aliphatic carbocycles. The molecule has 3 nitrogen and oxygen atoms in total. The highest BCUT2D eigenvalue weighted by molar-refractivity contribution is 7.92. The lowest BCUT2D eigenvalue weighted by Gasteiger charge is -2.19. The maximum absolute atomic E-state index is 13.4. The van der Waals surface area contributed by atoms with Crippen molar-refractivity contribution in [1.82, 2.24) is 0 Å². The van der Waals surface area contributed by atoms with Crippen LogP contribution in [0.25, 0.3) is 0 Å². The summed E-state index contributed by atoms with van der Waals surface area (Å²) in [6.07, 6.45) is 0. The fraction of sp³-hybridized carbons (Fsp3) is 0.250. The van der Waals surface area contributed by atoms with Crippen molar-refractivity contribution in [3.05, 3.63) is 58.9 Å². The first-order valence-corrected chi connectivity index (χ1v) is 8.54. The van der Waals surface area contributed by atoms with Crippen molar-refractivity contribution >= 4 is 27.3 Å². The maximum Gasteiger partial charge on any atom is 0.261 e.